The van der Waals surface area contributed by atoms with E-state index in [9.17, 15) is 0 Å². The molecular formula is C27H20FNS2. The lowest BCUT2D eigenvalue weighted by Gasteiger charge is -2.22. The number of nitrogens with zero attached hydrogens (tertiary/aromatic N) is 1. The number of benzene rings is 3. The maximum atomic E-state index is 15.0. The van der Waals surface area contributed by atoms with Gasteiger partial charge in [-0.05, 0) is 39.9 Å². The molecule has 6 rings (SSSR count). The summed E-state index contributed by atoms with van der Waals surface area (Å²) in [4.78, 5) is 4.60. The lowest BCUT2D eigenvalue weighted by Crippen LogP contribution is -2.12. The van der Waals surface area contributed by atoms with Gasteiger partial charge in [0.1, 0.15) is 0 Å². The summed E-state index contributed by atoms with van der Waals surface area (Å²) in [7, 11) is 0. The van der Waals surface area contributed by atoms with Crippen LogP contribution in [0.25, 0.3) is 51.6 Å². The zero-order valence-corrected chi connectivity index (χ0v) is 19.1. The fourth-order valence-electron chi connectivity index (χ4n) is 4.45. The van der Waals surface area contributed by atoms with E-state index in [-0.39, 0.29) is 11.2 Å². The SMILES string of the molecule is CC(C)(C)c1cc(-c2ncc(F)c3c2sc2c4ccccc4sc23)cc2ccccc12. The average molecular weight is 442 g/mol. The van der Waals surface area contributed by atoms with Crippen LogP contribution in [0, 0.1) is 5.82 Å². The van der Waals surface area contributed by atoms with Crippen molar-refractivity contribution in [3.63, 3.8) is 0 Å². The minimum absolute atomic E-state index is 0.0131. The third-order valence-electron chi connectivity index (χ3n) is 5.91. The number of hydrogen-bond donors (Lipinski definition) is 0. The van der Waals surface area contributed by atoms with Crippen LogP contribution in [0.2, 0.25) is 0 Å². The molecule has 4 heteroatoms. The second-order valence-electron chi connectivity index (χ2n) is 9.01. The molecule has 0 atom stereocenters. The number of rotatable bonds is 1. The molecule has 0 aliphatic carbocycles. The molecule has 0 saturated carbocycles. The first-order valence-electron chi connectivity index (χ1n) is 10.3. The fourth-order valence-corrected chi connectivity index (χ4v) is 7.23. The highest BCUT2D eigenvalue weighted by atomic mass is 32.1. The number of thiophene rings is 2. The molecule has 0 radical (unpaired) electrons. The van der Waals surface area contributed by atoms with E-state index >= 15 is 4.39 Å². The van der Waals surface area contributed by atoms with Gasteiger partial charge in [-0.3, -0.25) is 4.98 Å². The standard InChI is InChI=1S/C27H20FNS2/c1-27(2,3)19-13-16(12-15-8-4-5-9-17(15)19)23-25-22(20(28)14-29-23)26-24(31-25)18-10-6-7-11-21(18)30-26/h4-14H,1-3H3. The van der Waals surface area contributed by atoms with Crippen LogP contribution in [0.15, 0.2) is 66.9 Å². The van der Waals surface area contributed by atoms with Crippen LogP contribution < -0.4 is 0 Å². The largest absolute Gasteiger partial charge is 0.252 e. The van der Waals surface area contributed by atoms with Crippen molar-refractivity contribution in [2.75, 3.05) is 0 Å². The second-order valence-corrected chi connectivity index (χ2v) is 11.1. The lowest BCUT2D eigenvalue weighted by atomic mass is 9.82. The van der Waals surface area contributed by atoms with Crippen molar-refractivity contribution in [1.82, 2.24) is 4.98 Å². The first-order chi connectivity index (χ1) is 14.9. The van der Waals surface area contributed by atoms with Crippen molar-refractivity contribution in [2.24, 2.45) is 0 Å². The van der Waals surface area contributed by atoms with E-state index in [4.69, 9.17) is 0 Å². The zero-order chi connectivity index (χ0) is 21.3. The molecule has 0 unspecified atom stereocenters. The summed E-state index contributed by atoms with van der Waals surface area (Å²) >= 11 is 3.33. The first-order valence-corrected chi connectivity index (χ1v) is 12.0. The topological polar surface area (TPSA) is 12.9 Å². The van der Waals surface area contributed by atoms with Crippen LogP contribution >= 0.6 is 22.7 Å². The van der Waals surface area contributed by atoms with Crippen molar-refractivity contribution >= 4 is 63.0 Å². The third-order valence-corrected chi connectivity index (χ3v) is 8.46. The summed E-state index contributed by atoms with van der Waals surface area (Å²) < 4.78 is 19.4. The summed E-state index contributed by atoms with van der Waals surface area (Å²) in [5.41, 5.74) is 3.18. The Bertz CT molecular complexity index is 1630. The molecule has 0 spiro atoms. The van der Waals surface area contributed by atoms with Gasteiger partial charge in [0.25, 0.3) is 0 Å². The summed E-state index contributed by atoms with van der Waals surface area (Å²) in [6, 6.07) is 21.2. The van der Waals surface area contributed by atoms with Gasteiger partial charge in [-0.25, -0.2) is 4.39 Å². The van der Waals surface area contributed by atoms with Crippen molar-refractivity contribution in [1.29, 1.82) is 0 Å². The molecule has 6 aromatic rings. The fraction of sp³-hybridized carbons (Fsp3) is 0.148. The molecule has 0 saturated heterocycles. The van der Waals surface area contributed by atoms with Crippen LogP contribution in [0.5, 0.6) is 0 Å². The maximum Gasteiger partial charge on any atom is 0.151 e. The Morgan fingerprint density at radius 3 is 2.35 bits per heavy atom. The van der Waals surface area contributed by atoms with Gasteiger partial charge in [0.05, 0.1) is 26.0 Å². The molecule has 31 heavy (non-hydrogen) atoms. The summed E-state index contributed by atoms with van der Waals surface area (Å²) in [6.07, 6.45) is 1.39. The van der Waals surface area contributed by atoms with E-state index in [0.717, 1.165) is 25.4 Å². The Morgan fingerprint density at radius 2 is 1.55 bits per heavy atom. The van der Waals surface area contributed by atoms with Crippen molar-refractivity contribution in [2.45, 2.75) is 26.2 Å². The molecule has 0 fully saturated rings. The molecule has 0 bridgehead atoms. The molecule has 0 aliphatic rings. The van der Waals surface area contributed by atoms with Gasteiger partial charge >= 0.3 is 0 Å². The van der Waals surface area contributed by atoms with E-state index < -0.39 is 0 Å². The minimum atomic E-state index is -0.242. The molecule has 0 N–H and O–H groups in total. The Hall–Kier alpha value is -2.82. The maximum absolute atomic E-state index is 15.0. The Morgan fingerprint density at radius 1 is 0.806 bits per heavy atom. The van der Waals surface area contributed by atoms with Gasteiger partial charge in [0.15, 0.2) is 5.82 Å². The summed E-state index contributed by atoms with van der Waals surface area (Å²) in [6.45, 7) is 6.71. The number of halogens is 1. The Balaban J connectivity index is 1.71. The van der Waals surface area contributed by atoms with Crippen LogP contribution in [0.1, 0.15) is 26.3 Å². The molecular weight excluding hydrogens is 421 g/mol. The van der Waals surface area contributed by atoms with Crippen molar-refractivity contribution in [3.05, 3.63) is 78.2 Å². The van der Waals surface area contributed by atoms with Gasteiger partial charge in [0, 0.05) is 21.0 Å². The highest BCUT2D eigenvalue weighted by molar-refractivity contribution is 7.36. The van der Waals surface area contributed by atoms with E-state index in [1.807, 2.05) is 12.1 Å². The van der Waals surface area contributed by atoms with E-state index in [1.165, 1.54) is 32.6 Å². The monoisotopic (exact) mass is 441 g/mol. The van der Waals surface area contributed by atoms with Gasteiger partial charge in [-0.15, -0.1) is 22.7 Å². The highest BCUT2D eigenvalue weighted by Gasteiger charge is 2.22. The van der Waals surface area contributed by atoms with Crippen LogP contribution in [0.3, 0.4) is 0 Å². The van der Waals surface area contributed by atoms with E-state index in [0.29, 0.717) is 5.39 Å². The summed E-state index contributed by atoms with van der Waals surface area (Å²) in [5.74, 6) is -0.242. The number of aromatic nitrogens is 1. The third kappa shape index (κ3) is 2.82. The molecule has 3 aromatic carbocycles. The minimum Gasteiger partial charge on any atom is -0.252 e. The van der Waals surface area contributed by atoms with Gasteiger partial charge in [-0.2, -0.15) is 0 Å². The van der Waals surface area contributed by atoms with Crippen LogP contribution in [-0.2, 0) is 5.41 Å². The smallest absolute Gasteiger partial charge is 0.151 e. The molecule has 1 nitrogen and oxygen atoms in total. The van der Waals surface area contributed by atoms with E-state index in [2.05, 4.69) is 74.3 Å². The highest BCUT2D eigenvalue weighted by Crippen LogP contribution is 2.47. The van der Waals surface area contributed by atoms with Crippen molar-refractivity contribution < 1.29 is 4.39 Å². The predicted molar refractivity (Wildman–Crippen MR) is 134 cm³/mol. The number of pyridine rings is 1. The Kier molecular flexibility index (Phi) is 4.02. The lowest BCUT2D eigenvalue weighted by molar-refractivity contribution is 0.596. The van der Waals surface area contributed by atoms with Gasteiger partial charge in [0.2, 0.25) is 0 Å². The van der Waals surface area contributed by atoms with Crippen LogP contribution in [-0.4, -0.2) is 4.98 Å². The van der Waals surface area contributed by atoms with E-state index in [1.54, 1.807) is 22.7 Å². The molecule has 0 aliphatic heterocycles. The quantitative estimate of drug-likeness (QED) is 0.248. The molecule has 0 amide bonds. The summed E-state index contributed by atoms with van der Waals surface area (Å²) in [5, 5.41) is 4.35. The molecule has 3 aromatic heterocycles. The number of hydrogen-bond acceptors (Lipinski definition) is 3. The molecule has 3 heterocycles. The predicted octanol–water partition coefficient (Wildman–Crippen LogP) is 8.92. The zero-order valence-electron chi connectivity index (χ0n) is 17.5. The average Bonchev–Trinajstić information content (AvgIpc) is 3.29. The first kappa shape index (κ1) is 18.9. The molecule has 152 valence electrons. The normalized spacial score (nSPS) is 12.5. The van der Waals surface area contributed by atoms with Gasteiger partial charge < -0.3 is 0 Å². The van der Waals surface area contributed by atoms with Crippen LogP contribution in [0.4, 0.5) is 4.39 Å². The van der Waals surface area contributed by atoms with Crippen molar-refractivity contribution in [3.8, 4) is 11.3 Å². The van der Waals surface area contributed by atoms with Gasteiger partial charge in [-0.1, -0.05) is 63.2 Å². The Labute approximate surface area is 187 Å². The number of fused-ring (bicyclic) bond motifs is 6. The second kappa shape index (κ2) is 6.59.